The van der Waals surface area contributed by atoms with E-state index in [2.05, 4.69) is 10.3 Å². The highest BCUT2D eigenvalue weighted by Crippen LogP contribution is 2.34. The summed E-state index contributed by atoms with van der Waals surface area (Å²) in [7, 11) is 0. The molecule has 0 saturated heterocycles. The van der Waals surface area contributed by atoms with Gasteiger partial charge in [-0.2, -0.15) is 0 Å². The normalized spacial score (nSPS) is 23.6. The molecule has 3 N–H and O–H groups in total. The third-order valence-corrected chi connectivity index (χ3v) is 4.22. The molecule has 2 unspecified atom stereocenters. The molecule has 0 amide bonds. The summed E-state index contributed by atoms with van der Waals surface area (Å²) in [6, 6.07) is 9.74. The maximum absolute atomic E-state index is 11.8. The number of hydrogen-bond donors (Lipinski definition) is 3. The standard InChI is InChI=1S/C18H18N2O3/c1-11(21)13-7-5-9-18(2,16(13)17(22)23)20-15-10-12-6-3-4-8-14(12)19-15/h3-10,16,19-20H,1-2H3,(H,22,23). The van der Waals surface area contributed by atoms with Crippen molar-refractivity contribution in [3.63, 3.8) is 0 Å². The molecule has 0 aliphatic heterocycles. The number of carbonyl (C=O) groups excluding carboxylic acids is 1. The lowest BCUT2D eigenvalue weighted by Gasteiger charge is -2.36. The molecule has 5 heteroatoms. The monoisotopic (exact) mass is 310 g/mol. The minimum atomic E-state index is -1.03. The Morgan fingerprint density at radius 2 is 2.04 bits per heavy atom. The lowest BCUT2D eigenvalue weighted by Crippen LogP contribution is -2.48. The number of anilines is 1. The molecule has 1 aromatic heterocycles. The van der Waals surface area contributed by atoms with Crippen molar-refractivity contribution in [2.24, 2.45) is 5.92 Å². The number of carboxylic acid groups (broad SMARTS) is 1. The first-order valence-electron chi connectivity index (χ1n) is 7.40. The number of H-pyrrole nitrogens is 1. The van der Waals surface area contributed by atoms with Gasteiger partial charge in [0.2, 0.25) is 0 Å². The van der Waals surface area contributed by atoms with Crippen molar-refractivity contribution in [2.75, 3.05) is 5.32 Å². The highest BCUT2D eigenvalue weighted by Gasteiger charge is 2.43. The van der Waals surface area contributed by atoms with Gasteiger partial charge in [0, 0.05) is 16.5 Å². The number of para-hydroxylation sites is 1. The number of rotatable bonds is 4. The Morgan fingerprint density at radius 1 is 1.30 bits per heavy atom. The minimum absolute atomic E-state index is 0.230. The summed E-state index contributed by atoms with van der Waals surface area (Å²) < 4.78 is 0. The number of fused-ring (bicyclic) bond motifs is 1. The number of Topliss-reactive ketones (excluding diaryl/α,β-unsaturated/α-hetero) is 1. The number of benzene rings is 1. The summed E-state index contributed by atoms with van der Waals surface area (Å²) in [5.74, 6) is -1.49. The molecular weight excluding hydrogens is 292 g/mol. The number of carboxylic acids is 1. The van der Waals surface area contributed by atoms with Crippen LogP contribution in [0.2, 0.25) is 0 Å². The van der Waals surface area contributed by atoms with Gasteiger partial charge in [0.15, 0.2) is 5.78 Å². The number of aromatic amines is 1. The molecule has 1 heterocycles. The molecule has 0 fully saturated rings. The van der Waals surface area contributed by atoms with E-state index < -0.39 is 17.4 Å². The Labute approximate surface area is 133 Å². The largest absolute Gasteiger partial charge is 0.481 e. The van der Waals surface area contributed by atoms with Gasteiger partial charge in [0.05, 0.1) is 5.54 Å². The first-order chi connectivity index (χ1) is 10.9. The number of allylic oxidation sites excluding steroid dienone is 2. The predicted molar refractivity (Wildman–Crippen MR) is 89.4 cm³/mol. The van der Waals surface area contributed by atoms with E-state index in [9.17, 15) is 14.7 Å². The molecule has 1 aromatic carbocycles. The maximum Gasteiger partial charge on any atom is 0.313 e. The third-order valence-electron chi connectivity index (χ3n) is 4.22. The van der Waals surface area contributed by atoms with E-state index in [1.807, 2.05) is 30.3 Å². The fourth-order valence-electron chi connectivity index (χ4n) is 3.12. The molecule has 1 aliphatic rings. The van der Waals surface area contributed by atoms with Crippen LogP contribution in [-0.2, 0) is 9.59 Å². The van der Waals surface area contributed by atoms with Crippen LogP contribution in [0.4, 0.5) is 5.82 Å². The number of nitrogens with one attached hydrogen (secondary N) is 2. The first-order valence-corrected chi connectivity index (χ1v) is 7.40. The van der Waals surface area contributed by atoms with Gasteiger partial charge >= 0.3 is 5.97 Å². The van der Waals surface area contributed by atoms with Crippen molar-refractivity contribution in [3.8, 4) is 0 Å². The van der Waals surface area contributed by atoms with Gasteiger partial charge in [-0.05, 0) is 26.0 Å². The van der Waals surface area contributed by atoms with E-state index in [0.717, 1.165) is 16.7 Å². The Hall–Kier alpha value is -2.82. The van der Waals surface area contributed by atoms with Crippen LogP contribution in [0.3, 0.4) is 0 Å². The molecule has 0 spiro atoms. The lowest BCUT2D eigenvalue weighted by molar-refractivity contribution is -0.142. The Balaban J connectivity index is 1.99. The number of hydrogen-bond acceptors (Lipinski definition) is 3. The fourth-order valence-corrected chi connectivity index (χ4v) is 3.12. The Kier molecular flexibility index (Phi) is 3.56. The Morgan fingerprint density at radius 3 is 2.70 bits per heavy atom. The molecule has 5 nitrogen and oxygen atoms in total. The van der Waals surface area contributed by atoms with E-state index in [-0.39, 0.29) is 5.78 Å². The predicted octanol–water partition coefficient (Wildman–Crippen LogP) is 3.12. The SMILES string of the molecule is CC(=O)C1=CC=CC(C)(Nc2cc3ccccc3[nH]2)C1C(=O)O. The molecule has 1 aliphatic carbocycles. The number of carbonyl (C=O) groups is 2. The highest BCUT2D eigenvalue weighted by molar-refractivity contribution is 6.00. The minimum Gasteiger partial charge on any atom is -0.481 e. The van der Waals surface area contributed by atoms with Crippen molar-refractivity contribution in [1.29, 1.82) is 0 Å². The van der Waals surface area contributed by atoms with E-state index >= 15 is 0 Å². The summed E-state index contributed by atoms with van der Waals surface area (Å²) in [5.41, 5.74) is 0.362. The van der Waals surface area contributed by atoms with Gasteiger partial charge in [-0.25, -0.2) is 0 Å². The second-order valence-corrected chi connectivity index (χ2v) is 5.99. The van der Waals surface area contributed by atoms with Crippen LogP contribution in [0.25, 0.3) is 10.9 Å². The average molecular weight is 310 g/mol. The first kappa shape index (κ1) is 15.1. The van der Waals surface area contributed by atoms with E-state index in [1.54, 1.807) is 25.2 Å². The van der Waals surface area contributed by atoms with Gasteiger partial charge in [0.25, 0.3) is 0 Å². The summed E-state index contributed by atoms with van der Waals surface area (Å²) >= 11 is 0. The summed E-state index contributed by atoms with van der Waals surface area (Å²) in [6.07, 6.45) is 5.09. The van der Waals surface area contributed by atoms with Crippen LogP contribution in [0.1, 0.15) is 13.8 Å². The molecule has 0 bridgehead atoms. The molecule has 118 valence electrons. The van der Waals surface area contributed by atoms with Crippen molar-refractivity contribution >= 4 is 28.5 Å². The van der Waals surface area contributed by atoms with Crippen molar-refractivity contribution in [1.82, 2.24) is 4.98 Å². The van der Waals surface area contributed by atoms with Crippen LogP contribution < -0.4 is 5.32 Å². The summed E-state index contributed by atoms with van der Waals surface area (Å²) in [6.45, 7) is 3.17. The van der Waals surface area contributed by atoms with E-state index in [4.69, 9.17) is 0 Å². The van der Waals surface area contributed by atoms with Crippen LogP contribution >= 0.6 is 0 Å². The zero-order chi connectivity index (χ0) is 16.6. The third kappa shape index (κ3) is 2.65. The molecule has 2 aromatic rings. The molecule has 0 saturated carbocycles. The second kappa shape index (κ2) is 5.43. The van der Waals surface area contributed by atoms with Crippen LogP contribution in [0.15, 0.2) is 54.1 Å². The van der Waals surface area contributed by atoms with Crippen LogP contribution in [0.5, 0.6) is 0 Å². The number of ketones is 1. The Bertz CT molecular complexity index is 814. The molecular formula is C18H18N2O3. The average Bonchev–Trinajstić information content (AvgIpc) is 2.87. The van der Waals surface area contributed by atoms with Crippen LogP contribution in [0, 0.1) is 5.92 Å². The van der Waals surface area contributed by atoms with Crippen molar-refractivity contribution < 1.29 is 14.7 Å². The molecule has 23 heavy (non-hydrogen) atoms. The van der Waals surface area contributed by atoms with E-state index in [0.29, 0.717) is 5.57 Å². The zero-order valence-corrected chi connectivity index (χ0v) is 13.0. The second-order valence-electron chi connectivity index (χ2n) is 5.99. The van der Waals surface area contributed by atoms with Gasteiger partial charge in [-0.3, -0.25) is 9.59 Å². The topological polar surface area (TPSA) is 82.2 Å². The summed E-state index contributed by atoms with van der Waals surface area (Å²) in [5, 5.41) is 13.9. The summed E-state index contributed by atoms with van der Waals surface area (Å²) in [4.78, 5) is 26.8. The highest BCUT2D eigenvalue weighted by atomic mass is 16.4. The van der Waals surface area contributed by atoms with Crippen molar-refractivity contribution in [2.45, 2.75) is 19.4 Å². The molecule has 2 atom stereocenters. The van der Waals surface area contributed by atoms with Crippen LogP contribution in [-0.4, -0.2) is 27.4 Å². The zero-order valence-electron chi connectivity index (χ0n) is 13.0. The van der Waals surface area contributed by atoms with E-state index in [1.165, 1.54) is 6.92 Å². The fraction of sp³-hybridized carbons (Fsp3) is 0.222. The van der Waals surface area contributed by atoms with Gasteiger partial charge in [0.1, 0.15) is 11.7 Å². The number of aromatic nitrogens is 1. The van der Waals surface area contributed by atoms with Gasteiger partial charge in [-0.1, -0.05) is 36.4 Å². The maximum atomic E-state index is 11.8. The molecule has 0 radical (unpaired) electrons. The quantitative estimate of drug-likeness (QED) is 0.810. The van der Waals surface area contributed by atoms with Gasteiger partial charge in [-0.15, -0.1) is 0 Å². The van der Waals surface area contributed by atoms with Gasteiger partial charge < -0.3 is 15.4 Å². The number of aliphatic carboxylic acids is 1. The van der Waals surface area contributed by atoms with Crippen molar-refractivity contribution in [3.05, 3.63) is 54.1 Å². The smallest absolute Gasteiger partial charge is 0.313 e. The lowest BCUT2D eigenvalue weighted by atomic mass is 9.75. The molecule has 3 rings (SSSR count).